The maximum absolute atomic E-state index is 2.47. The van der Waals surface area contributed by atoms with Crippen LogP contribution in [0.3, 0.4) is 0 Å². The SMILES string of the molecule is Cc1ccccc1-c1cc2c(cc1C)C1(c3ccccc3-c3ccccc31)c1ccccc1-2. The number of aryl methyl sites for hydroxylation is 2. The summed E-state index contributed by atoms with van der Waals surface area (Å²) in [5.41, 5.74) is 16.1. The van der Waals surface area contributed by atoms with Crippen LogP contribution in [-0.2, 0) is 5.41 Å². The van der Waals surface area contributed by atoms with Gasteiger partial charge in [-0.2, -0.15) is 0 Å². The van der Waals surface area contributed by atoms with Crippen molar-refractivity contribution in [1.29, 1.82) is 0 Å². The normalized spacial score (nSPS) is 14.0. The summed E-state index contributed by atoms with van der Waals surface area (Å²) in [6.45, 7) is 4.48. The molecule has 0 aromatic heterocycles. The molecule has 156 valence electrons. The Balaban J connectivity index is 1.63. The lowest BCUT2D eigenvalue weighted by molar-refractivity contribution is 0.793. The first kappa shape index (κ1) is 18.7. The highest BCUT2D eigenvalue weighted by atomic mass is 14.5. The molecule has 5 aromatic carbocycles. The average molecular weight is 421 g/mol. The molecule has 0 atom stereocenters. The molecule has 0 bridgehead atoms. The van der Waals surface area contributed by atoms with E-state index in [0.29, 0.717) is 0 Å². The summed E-state index contributed by atoms with van der Waals surface area (Å²) < 4.78 is 0. The summed E-state index contributed by atoms with van der Waals surface area (Å²) in [5, 5.41) is 0. The quantitative estimate of drug-likeness (QED) is 0.250. The predicted molar refractivity (Wildman–Crippen MR) is 138 cm³/mol. The third-order valence-corrected chi connectivity index (χ3v) is 7.78. The molecule has 7 rings (SSSR count). The van der Waals surface area contributed by atoms with Gasteiger partial charge in [-0.1, -0.05) is 103 Å². The summed E-state index contributed by atoms with van der Waals surface area (Å²) in [7, 11) is 0. The van der Waals surface area contributed by atoms with Gasteiger partial charge in [0, 0.05) is 0 Å². The van der Waals surface area contributed by atoms with Gasteiger partial charge in [0.2, 0.25) is 0 Å². The number of fused-ring (bicyclic) bond motifs is 10. The molecule has 0 saturated heterocycles. The van der Waals surface area contributed by atoms with Crippen molar-refractivity contribution in [2.45, 2.75) is 19.3 Å². The molecular formula is C33H24. The second-order valence-corrected chi connectivity index (χ2v) is 9.41. The van der Waals surface area contributed by atoms with Crippen LogP contribution in [-0.4, -0.2) is 0 Å². The van der Waals surface area contributed by atoms with Crippen molar-refractivity contribution >= 4 is 0 Å². The molecule has 0 aliphatic heterocycles. The van der Waals surface area contributed by atoms with E-state index < -0.39 is 0 Å². The minimum absolute atomic E-state index is 0.256. The summed E-state index contributed by atoms with van der Waals surface area (Å²) in [6.07, 6.45) is 0. The van der Waals surface area contributed by atoms with Crippen LogP contribution >= 0.6 is 0 Å². The third-order valence-electron chi connectivity index (χ3n) is 7.78. The van der Waals surface area contributed by atoms with Crippen molar-refractivity contribution in [1.82, 2.24) is 0 Å². The number of hydrogen-bond acceptors (Lipinski definition) is 0. The van der Waals surface area contributed by atoms with Crippen LogP contribution in [0.5, 0.6) is 0 Å². The molecule has 0 heterocycles. The molecule has 0 nitrogen and oxygen atoms in total. The lowest BCUT2D eigenvalue weighted by atomic mass is 9.70. The molecule has 0 amide bonds. The fourth-order valence-electron chi connectivity index (χ4n) is 6.41. The highest BCUT2D eigenvalue weighted by Crippen LogP contribution is 2.63. The van der Waals surface area contributed by atoms with Crippen molar-refractivity contribution in [2.75, 3.05) is 0 Å². The summed E-state index contributed by atoms with van der Waals surface area (Å²) in [4.78, 5) is 0. The van der Waals surface area contributed by atoms with Gasteiger partial charge in [-0.05, 0) is 86.7 Å². The molecule has 0 unspecified atom stereocenters. The Morgan fingerprint density at radius 3 is 1.36 bits per heavy atom. The van der Waals surface area contributed by atoms with Crippen LogP contribution in [0.25, 0.3) is 33.4 Å². The minimum Gasteiger partial charge on any atom is -0.0620 e. The average Bonchev–Trinajstić information content (AvgIpc) is 3.31. The summed E-state index contributed by atoms with van der Waals surface area (Å²) in [5.74, 6) is 0. The Kier molecular flexibility index (Phi) is 3.71. The molecule has 2 aliphatic rings. The van der Waals surface area contributed by atoms with E-state index in [0.717, 1.165) is 0 Å². The zero-order valence-corrected chi connectivity index (χ0v) is 18.9. The van der Waals surface area contributed by atoms with Gasteiger partial charge < -0.3 is 0 Å². The third kappa shape index (κ3) is 2.26. The minimum atomic E-state index is -0.256. The molecule has 1 spiro atoms. The van der Waals surface area contributed by atoms with Crippen molar-refractivity contribution in [3.05, 3.63) is 143 Å². The number of hydrogen-bond donors (Lipinski definition) is 0. The van der Waals surface area contributed by atoms with Crippen LogP contribution in [0, 0.1) is 13.8 Å². The van der Waals surface area contributed by atoms with Crippen LogP contribution < -0.4 is 0 Å². The lowest BCUT2D eigenvalue weighted by Crippen LogP contribution is -2.25. The van der Waals surface area contributed by atoms with E-state index in [1.165, 1.54) is 66.8 Å². The monoisotopic (exact) mass is 420 g/mol. The largest absolute Gasteiger partial charge is 0.0725 e. The van der Waals surface area contributed by atoms with Crippen LogP contribution in [0.4, 0.5) is 0 Å². The molecule has 0 heteroatoms. The molecule has 0 N–H and O–H groups in total. The molecular weight excluding hydrogens is 396 g/mol. The van der Waals surface area contributed by atoms with Gasteiger partial charge in [0.15, 0.2) is 0 Å². The van der Waals surface area contributed by atoms with E-state index >= 15 is 0 Å². The van der Waals surface area contributed by atoms with Gasteiger partial charge in [-0.3, -0.25) is 0 Å². The number of benzene rings is 5. The molecule has 0 saturated carbocycles. The Labute approximate surface area is 195 Å². The van der Waals surface area contributed by atoms with Gasteiger partial charge in [-0.25, -0.2) is 0 Å². The topological polar surface area (TPSA) is 0 Å². The highest BCUT2D eigenvalue weighted by Gasteiger charge is 2.51. The predicted octanol–water partition coefficient (Wildman–Crippen LogP) is 8.31. The van der Waals surface area contributed by atoms with Crippen LogP contribution in [0.15, 0.2) is 109 Å². The highest BCUT2D eigenvalue weighted by molar-refractivity contribution is 5.96. The van der Waals surface area contributed by atoms with Crippen molar-refractivity contribution in [2.24, 2.45) is 0 Å². The van der Waals surface area contributed by atoms with Crippen molar-refractivity contribution in [3.8, 4) is 33.4 Å². The first-order chi connectivity index (χ1) is 16.2. The standard InChI is InChI=1S/C33H24/c1-21-11-3-4-12-23(21)27-20-28-26-15-7-10-18-31(26)33(32(28)19-22(27)2)29-16-8-5-13-24(29)25-14-6-9-17-30(25)33/h3-20H,1-2H3. The second kappa shape index (κ2) is 6.56. The zero-order valence-electron chi connectivity index (χ0n) is 18.9. The number of rotatable bonds is 1. The molecule has 33 heavy (non-hydrogen) atoms. The summed E-state index contributed by atoms with van der Waals surface area (Å²) >= 11 is 0. The fraction of sp³-hybridized carbons (Fsp3) is 0.0909. The van der Waals surface area contributed by atoms with E-state index in [-0.39, 0.29) is 5.41 Å². The zero-order chi connectivity index (χ0) is 22.2. The second-order valence-electron chi connectivity index (χ2n) is 9.41. The van der Waals surface area contributed by atoms with E-state index in [4.69, 9.17) is 0 Å². The van der Waals surface area contributed by atoms with Crippen LogP contribution in [0.2, 0.25) is 0 Å². The fourth-order valence-corrected chi connectivity index (χ4v) is 6.41. The molecule has 5 aromatic rings. The maximum atomic E-state index is 2.47. The maximum Gasteiger partial charge on any atom is 0.0725 e. The van der Waals surface area contributed by atoms with Crippen molar-refractivity contribution < 1.29 is 0 Å². The first-order valence-electron chi connectivity index (χ1n) is 11.7. The van der Waals surface area contributed by atoms with E-state index in [2.05, 4.69) is 123 Å². The van der Waals surface area contributed by atoms with Crippen LogP contribution in [0.1, 0.15) is 33.4 Å². The van der Waals surface area contributed by atoms with Gasteiger partial charge in [0.05, 0.1) is 5.41 Å². The van der Waals surface area contributed by atoms with E-state index in [1.54, 1.807) is 0 Å². The van der Waals surface area contributed by atoms with Gasteiger partial charge >= 0.3 is 0 Å². The van der Waals surface area contributed by atoms with Gasteiger partial charge in [0.25, 0.3) is 0 Å². The van der Waals surface area contributed by atoms with E-state index in [9.17, 15) is 0 Å². The molecule has 0 fully saturated rings. The summed E-state index contributed by atoms with van der Waals surface area (Å²) in [6, 6.07) is 40.7. The Morgan fingerprint density at radius 2 is 0.818 bits per heavy atom. The smallest absolute Gasteiger partial charge is 0.0620 e. The molecule has 0 radical (unpaired) electrons. The van der Waals surface area contributed by atoms with E-state index in [1.807, 2.05) is 0 Å². The first-order valence-corrected chi connectivity index (χ1v) is 11.7. The Morgan fingerprint density at radius 1 is 0.364 bits per heavy atom. The Bertz CT molecular complexity index is 1540. The van der Waals surface area contributed by atoms with Crippen molar-refractivity contribution in [3.63, 3.8) is 0 Å². The van der Waals surface area contributed by atoms with Gasteiger partial charge in [0.1, 0.15) is 0 Å². The Hall–Kier alpha value is -3.90. The molecule has 2 aliphatic carbocycles. The lowest BCUT2D eigenvalue weighted by Gasteiger charge is -2.30. The van der Waals surface area contributed by atoms with Gasteiger partial charge in [-0.15, -0.1) is 0 Å².